The molecular weight excluding hydrogens is 238 g/mol. The molecule has 1 amide bonds. The van der Waals surface area contributed by atoms with Crippen LogP contribution < -0.4 is 10.6 Å². The summed E-state index contributed by atoms with van der Waals surface area (Å²) < 4.78 is 0. The lowest BCUT2D eigenvalue weighted by atomic mass is 9.82. The standard InChI is InChI=1S/C15H25N3O/c1-6-16-13-9-7-8-12(18-13)14(19)17-10-11(2)15(3,4)5/h7-9,11H,6,10H2,1-5H3,(H,16,18)(H,17,19). The van der Waals surface area contributed by atoms with Crippen LogP contribution in [0.2, 0.25) is 0 Å². The molecule has 0 fully saturated rings. The number of aromatic nitrogens is 1. The van der Waals surface area contributed by atoms with Gasteiger partial charge >= 0.3 is 0 Å². The van der Waals surface area contributed by atoms with Gasteiger partial charge in [0.05, 0.1) is 0 Å². The molecule has 0 saturated heterocycles. The van der Waals surface area contributed by atoms with E-state index in [-0.39, 0.29) is 11.3 Å². The summed E-state index contributed by atoms with van der Waals surface area (Å²) in [5.74, 6) is 1.03. The van der Waals surface area contributed by atoms with Crippen LogP contribution in [0.25, 0.3) is 0 Å². The van der Waals surface area contributed by atoms with Crippen molar-refractivity contribution >= 4 is 11.7 Å². The maximum atomic E-state index is 12.0. The average Bonchev–Trinajstić information content (AvgIpc) is 2.35. The van der Waals surface area contributed by atoms with Crippen molar-refractivity contribution in [2.75, 3.05) is 18.4 Å². The van der Waals surface area contributed by atoms with Crippen LogP contribution in [0.3, 0.4) is 0 Å². The topological polar surface area (TPSA) is 54.0 Å². The molecule has 1 aromatic rings. The summed E-state index contributed by atoms with van der Waals surface area (Å²) in [7, 11) is 0. The second kappa shape index (κ2) is 6.55. The smallest absolute Gasteiger partial charge is 0.269 e. The zero-order chi connectivity index (χ0) is 14.5. The molecular formula is C15H25N3O. The van der Waals surface area contributed by atoms with Gasteiger partial charge in [-0.15, -0.1) is 0 Å². The fourth-order valence-corrected chi connectivity index (χ4v) is 1.48. The van der Waals surface area contributed by atoms with Crippen molar-refractivity contribution in [1.82, 2.24) is 10.3 Å². The summed E-state index contributed by atoms with van der Waals surface area (Å²) in [6.07, 6.45) is 0. The summed E-state index contributed by atoms with van der Waals surface area (Å²) in [6.45, 7) is 12.1. The van der Waals surface area contributed by atoms with E-state index in [0.717, 1.165) is 12.4 Å². The van der Waals surface area contributed by atoms with Crippen LogP contribution in [0, 0.1) is 11.3 Å². The highest BCUT2D eigenvalue weighted by atomic mass is 16.1. The first-order chi connectivity index (χ1) is 8.84. The molecule has 19 heavy (non-hydrogen) atoms. The highest BCUT2D eigenvalue weighted by Crippen LogP contribution is 2.24. The van der Waals surface area contributed by atoms with Crippen molar-refractivity contribution in [3.8, 4) is 0 Å². The molecule has 4 nitrogen and oxygen atoms in total. The van der Waals surface area contributed by atoms with Gasteiger partial charge in [0.15, 0.2) is 0 Å². The van der Waals surface area contributed by atoms with Gasteiger partial charge in [-0.25, -0.2) is 4.98 Å². The maximum absolute atomic E-state index is 12.0. The Hall–Kier alpha value is -1.58. The molecule has 106 valence electrons. The summed E-state index contributed by atoms with van der Waals surface area (Å²) >= 11 is 0. The molecule has 0 bridgehead atoms. The van der Waals surface area contributed by atoms with E-state index in [1.54, 1.807) is 6.07 Å². The Morgan fingerprint density at radius 3 is 2.63 bits per heavy atom. The van der Waals surface area contributed by atoms with Gasteiger partial charge in [0, 0.05) is 13.1 Å². The third-order valence-electron chi connectivity index (χ3n) is 3.39. The highest BCUT2D eigenvalue weighted by Gasteiger charge is 2.20. The molecule has 2 N–H and O–H groups in total. The Morgan fingerprint density at radius 1 is 1.37 bits per heavy atom. The number of anilines is 1. The van der Waals surface area contributed by atoms with Crippen molar-refractivity contribution in [3.63, 3.8) is 0 Å². The fourth-order valence-electron chi connectivity index (χ4n) is 1.48. The number of carbonyl (C=O) groups excluding carboxylic acids is 1. The van der Waals surface area contributed by atoms with Gasteiger partial charge in [0.25, 0.3) is 5.91 Å². The lowest BCUT2D eigenvalue weighted by Gasteiger charge is -2.27. The van der Waals surface area contributed by atoms with Crippen molar-refractivity contribution in [2.24, 2.45) is 11.3 Å². The van der Waals surface area contributed by atoms with Gasteiger partial charge in [-0.1, -0.05) is 33.8 Å². The molecule has 0 aliphatic rings. The minimum Gasteiger partial charge on any atom is -0.370 e. The number of hydrogen-bond donors (Lipinski definition) is 2. The SMILES string of the molecule is CCNc1cccc(C(=O)NCC(C)C(C)(C)C)n1. The molecule has 0 saturated carbocycles. The average molecular weight is 263 g/mol. The van der Waals surface area contributed by atoms with E-state index in [1.165, 1.54) is 0 Å². The first-order valence-electron chi connectivity index (χ1n) is 6.83. The minimum atomic E-state index is -0.115. The zero-order valence-corrected chi connectivity index (χ0v) is 12.6. The van der Waals surface area contributed by atoms with Crippen LogP contribution in [0.15, 0.2) is 18.2 Å². The highest BCUT2D eigenvalue weighted by molar-refractivity contribution is 5.92. The molecule has 1 unspecified atom stereocenters. The van der Waals surface area contributed by atoms with Crippen molar-refractivity contribution in [1.29, 1.82) is 0 Å². The number of nitrogens with one attached hydrogen (secondary N) is 2. The van der Waals surface area contributed by atoms with E-state index in [1.807, 2.05) is 19.1 Å². The predicted molar refractivity (Wildman–Crippen MR) is 79.4 cm³/mol. The summed E-state index contributed by atoms with van der Waals surface area (Å²) in [6, 6.07) is 5.43. The first kappa shape index (κ1) is 15.5. The van der Waals surface area contributed by atoms with E-state index in [9.17, 15) is 4.79 Å². The van der Waals surface area contributed by atoms with E-state index in [4.69, 9.17) is 0 Å². The number of amides is 1. The lowest BCUT2D eigenvalue weighted by Crippen LogP contribution is -2.34. The van der Waals surface area contributed by atoms with Gasteiger partial charge in [-0.05, 0) is 30.4 Å². The van der Waals surface area contributed by atoms with Gasteiger partial charge < -0.3 is 10.6 Å². The van der Waals surface area contributed by atoms with Gasteiger partial charge in [0.1, 0.15) is 11.5 Å². The quantitative estimate of drug-likeness (QED) is 0.858. The molecule has 0 aliphatic heterocycles. The zero-order valence-electron chi connectivity index (χ0n) is 12.6. The van der Waals surface area contributed by atoms with Crippen molar-refractivity contribution in [2.45, 2.75) is 34.6 Å². The van der Waals surface area contributed by atoms with E-state index in [0.29, 0.717) is 18.2 Å². The Morgan fingerprint density at radius 2 is 2.05 bits per heavy atom. The lowest BCUT2D eigenvalue weighted by molar-refractivity contribution is 0.0932. The Bertz CT molecular complexity index is 424. The van der Waals surface area contributed by atoms with Crippen molar-refractivity contribution < 1.29 is 4.79 Å². The Balaban J connectivity index is 2.61. The fraction of sp³-hybridized carbons (Fsp3) is 0.600. The van der Waals surface area contributed by atoms with Gasteiger partial charge in [-0.3, -0.25) is 4.79 Å². The Kier molecular flexibility index (Phi) is 5.33. The summed E-state index contributed by atoms with van der Waals surface area (Å²) in [4.78, 5) is 16.3. The normalized spacial score (nSPS) is 12.9. The number of hydrogen-bond acceptors (Lipinski definition) is 3. The monoisotopic (exact) mass is 263 g/mol. The van der Waals surface area contributed by atoms with Crippen molar-refractivity contribution in [3.05, 3.63) is 23.9 Å². The van der Waals surface area contributed by atoms with E-state index in [2.05, 4.69) is 43.3 Å². The minimum absolute atomic E-state index is 0.115. The molecule has 0 aliphatic carbocycles. The molecule has 1 heterocycles. The van der Waals surface area contributed by atoms with E-state index >= 15 is 0 Å². The second-order valence-electron chi connectivity index (χ2n) is 5.92. The summed E-state index contributed by atoms with van der Waals surface area (Å²) in [5.41, 5.74) is 0.645. The predicted octanol–water partition coefficient (Wildman–Crippen LogP) is 2.93. The third kappa shape index (κ3) is 4.89. The molecule has 0 spiro atoms. The molecule has 0 radical (unpaired) electrons. The second-order valence-corrected chi connectivity index (χ2v) is 5.92. The van der Waals surface area contributed by atoms with E-state index < -0.39 is 0 Å². The summed E-state index contributed by atoms with van der Waals surface area (Å²) in [5, 5.41) is 6.05. The van der Waals surface area contributed by atoms with Gasteiger partial charge in [-0.2, -0.15) is 0 Å². The molecule has 4 heteroatoms. The number of rotatable bonds is 5. The molecule has 1 aromatic heterocycles. The van der Waals surface area contributed by atoms with Crippen LogP contribution in [0.1, 0.15) is 45.1 Å². The van der Waals surface area contributed by atoms with Crippen LogP contribution in [-0.2, 0) is 0 Å². The molecule has 0 aromatic carbocycles. The molecule has 1 atom stereocenters. The molecule has 1 rings (SSSR count). The number of nitrogens with zero attached hydrogens (tertiary/aromatic N) is 1. The number of carbonyl (C=O) groups is 1. The largest absolute Gasteiger partial charge is 0.370 e. The van der Waals surface area contributed by atoms with Crippen LogP contribution in [-0.4, -0.2) is 24.0 Å². The van der Waals surface area contributed by atoms with Crippen LogP contribution >= 0.6 is 0 Å². The first-order valence-corrected chi connectivity index (χ1v) is 6.83. The van der Waals surface area contributed by atoms with Crippen LogP contribution in [0.4, 0.5) is 5.82 Å². The maximum Gasteiger partial charge on any atom is 0.269 e. The third-order valence-corrected chi connectivity index (χ3v) is 3.39. The van der Waals surface area contributed by atoms with Crippen LogP contribution in [0.5, 0.6) is 0 Å². The Labute approximate surface area is 116 Å². The number of pyridine rings is 1. The van der Waals surface area contributed by atoms with Gasteiger partial charge in [0.2, 0.25) is 0 Å².